The molecule has 0 aliphatic carbocycles. The summed E-state index contributed by atoms with van der Waals surface area (Å²) in [6, 6.07) is 15.0. The Hall–Kier alpha value is -3.30. The predicted octanol–water partition coefficient (Wildman–Crippen LogP) is 4.20. The van der Waals surface area contributed by atoms with Gasteiger partial charge in [-0.1, -0.05) is 30.3 Å². The van der Waals surface area contributed by atoms with Crippen molar-refractivity contribution in [1.82, 2.24) is 4.72 Å². The van der Waals surface area contributed by atoms with Gasteiger partial charge in [-0.25, -0.2) is 17.2 Å². The van der Waals surface area contributed by atoms with E-state index in [1.165, 1.54) is 18.2 Å². The Morgan fingerprint density at radius 2 is 1.73 bits per heavy atom. The molecule has 33 heavy (non-hydrogen) atoms. The van der Waals surface area contributed by atoms with E-state index in [1.54, 1.807) is 43.3 Å². The number of carbonyl (C=O) groups is 1. The molecule has 0 heterocycles. The van der Waals surface area contributed by atoms with Crippen LogP contribution in [0.2, 0.25) is 0 Å². The summed E-state index contributed by atoms with van der Waals surface area (Å²) >= 11 is 0. The molecule has 0 fully saturated rings. The highest BCUT2D eigenvalue weighted by Crippen LogP contribution is 2.22. The number of amides is 1. The van der Waals surface area contributed by atoms with Gasteiger partial charge in [0.2, 0.25) is 15.9 Å². The molecule has 3 aromatic carbocycles. The van der Waals surface area contributed by atoms with Crippen LogP contribution < -0.4 is 14.8 Å². The summed E-state index contributed by atoms with van der Waals surface area (Å²) in [5.74, 6) is -2.33. The molecule has 0 aliphatic heterocycles. The topological polar surface area (TPSA) is 84.5 Å². The lowest BCUT2D eigenvalue weighted by Gasteiger charge is -2.19. The molecule has 0 saturated heterocycles. The highest BCUT2D eigenvalue weighted by atomic mass is 32.2. The van der Waals surface area contributed by atoms with Gasteiger partial charge in [0.05, 0.1) is 11.5 Å². The van der Waals surface area contributed by atoms with Crippen LogP contribution in [0.15, 0.2) is 71.6 Å². The summed E-state index contributed by atoms with van der Waals surface area (Å²) in [5, 5.41) is 2.45. The second-order valence-electron chi connectivity index (χ2n) is 7.34. The molecule has 1 amide bonds. The summed E-state index contributed by atoms with van der Waals surface area (Å²) in [6.07, 6.45) is 0.0472. The molecule has 0 spiro atoms. The molecule has 0 unspecified atom stereocenters. The van der Waals surface area contributed by atoms with Crippen molar-refractivity contribution in [1.29, 1.82) is 0 Å². The largest absolute Gasteiger partial charge is 0.494 e. The maximum absolute atomic E-state index is 13.5. The van der Waals surface area contributed by atoms with Crippen molar-refractivity contribution >= 4 is 21.6 Å². The summed E-state index contributed by atoms with van der Waals surface area (Å²) in [6.45, 7) is 3.99. The first kappa shape index (κ1) is 24.3. The number of halogens is 2. The SMILES string of the molecule is CCOc1ccc(S(=O)(=O)N[C@H](Cc2ccccc2)C(=O)Nc2ccc(F)c(F)c2)cc1C. The van der Waals surface area contributed by atoms with Crippen LogP contribution in [0.25, 0.3) is 0 Å². The second kappa shape index (κ2) is 10.5. The average Bonchev–Trinajstić information content (AvgIpc) is 2.78. The molecule has 0 radical (unpaired) electrons. The van der Waals surface area contributed by atoms with E-state index >= 15 is 0 Å². The molecule has 174 valence electrons. The van der Waals surface area contributed by atoms with Gasteiger partial charge in [-0.2, -0.15) is 4.72 Å². The fourth-order valence-corrected chi connectivity index (χ4v) is 4.48. The number of ether oxygens (including phenoxy) is 1. The minimum absolute atomic E-state index is 0.00747. The maximum Gasteiger partial charge on any atom is 0.242 e. The van der Waals surface area contributed by atoms with Crippen LogP contribution in [0.3, 0.4) is 0 Å². The normalized spacial score (nSPS) is 12.2. The van der Waals surface area contributed by atoms with Crippen molar-refractivity contribution in [3.8, 4) is 5.75 Å². The Labute approximate surface area is 191 Å². The highest BCUT2D eigenvalue weighted by Gasteiger charge is 2.27. The Morgan fingerprint density at radius 1 is 1.00 bits per heavy atom. The monoisotopic (exact) mass is 474 g/mol. The first-order valence-electron chi connectivity index (χ1n) is 10.2. The third kappa shape index (κ3) is 6.36. The summed E-state index contributed by atoms with van der Waals surface area (Å²) in [7, 11) is -4.09. The van der Waals surface area contributed by atoms with Crippen molar-refractivity contribution in [3.63, 3.8) is 0 Å². The fraction of sp³-hybridized carbons (Fsp3) is 0.208. The summed E-state index contributed by atoms with van der Waals surface area (Å²) in [5.41, 5.74) is 1.35. The van der Waals surface area contributed by atoms with Crippen LogP contribution in [0, 0.1) is 18.6 Å². The van der Waals surface area contributed by atoms with Crippen LogP contribution in [0.5, 0.6) is 5.75 Å². The van der Waals surface area contributed by atoms with Crippen molar-refractivity contribution in [3.05, 3.63) is 89.5 Å². The summed E-state index contributed by atoms with van der Waals surface area (Å²) in [4.78, 5) is 12.9. The van der Waals surface area contributed by atoms with E-state index < -0.39 is 33.6 Å². The van der Waals surface area contributed by atoms with Crippen molar-refractivity contribution < 1.29 is 26.7 Å². The zero-order valence-corrected chi connectivity index (χ0v) is 19.0. The van der Waals surface area contributed by atoms with E-state index in [4.69, 9.17) is 4.74 Å². The van der Waals surface area contributed by atoms with Gasteiger partial charge >= 0.3 is 0 Å². The van der Waals surface area contributed by atoms with Gasteiger partial charge in [0.25, 0.3) is 0 Å². The van der Waals surface area contributed by atoms with E-state index in [0.29, 0.717) is 23.5 Å². The lowest BCUT2D eigenvalue weighted by Crippen LogP contribution is -2.45. The third-order valence-corrected chi connectivity index (χ3v) is 6.31. The van der Waals surface area contributed by atoms with Gasteiger partial charge in [-0.15, -0.1) is 0 Å². The van der Waals surface area contributed by atoms with Gasteiger partial charge in [-0.05, 0) is 61.7 Å². The zero-order chi connectivity index (χ0) is 24.0. The molecule has 9 heteroatoms. The molecule has 0 saturated carbocycles. The number of rotatable bonds is 9. The lowest BCUT2D eigenvalue weighted by atomic mass is 10.1. The van der Waals surface area contributed by atoms with Gasteiger partial charge in [0.1, 0.15) is 11.8 Å². The second-order valence-corrected chi connectivity index (χ2v) is 9.06. The van der Waals surface area contributed by atoms with Crippen LogP contribution in [-0.2, 0) is 21.2 Å². The molecular formula is C24H24F2N2O4S. The molecule has 0 bridgehead atoms. The Morgan fingerprint density at radius 3 is 2.36 bits per heavy atom. The quantitative estimate of drug-likeness (QED) is 0.487. The number of sulfonamides is 1. The molecule has 0 aromatic heterocycles. The van der Waals surface area contributed by atoms with Gasteiger partial charge in [0, 0.05) is 11.8 Å². The van der Waals surface area contributed by atoms with E-state index in [2.05, 4.69) is 10.0 Å². The van der Waals surface area contributed by atoms with Crippen LogP contribution in [0.1, 0.15) is 18.1 Å². The Balaban J connectivity index is 1.87. The number of anilines is 1. The van der Waals surface area contributed by atoms with Gasteiger partial charge in [0.15, 0.2) is 11.6 Å². The Bertz CT molecular complexity index is 1230. The number of hydrogen-bond donors (Lipinski definition) is 2. The van der Waals surface area contributed by atoms with Crippen molar-refractivity contribution in [2.24, 2.45) is 0 Å². The molecular weight excluding hydrogens is 450 g/mol. The van der Waals surface area contributed by atoms with Gasteiger partial charge < -0.3 is 10.1 Å². The maximum atomic E-state index is 13.5. The van der Waals surface area contributed by atoms with E-state index in [9.17, 15) is 22.0 Å². The minimum Gasteiger partial charge on any atom is -0.494 e. The van der Waals surface area contributed by atoms with E-state index in [-0.39, 0.29) is 17.0 Å². The molecule has 6 nitrogen and oxygen atoms in total. The standard InChI is InChI=1S/C24H24F2N2O4S/c1-3-32-23-12-10-19(13-16(23)2)33(30,31)28-22(14-17-7-5-4-6-8-17)24(29)27-18-9-11-20(25)21(26)15-18/h4-13,15,22,28H,3,14H2,1-2H3,(H,27,29)/t22-/m1/s1. The van der Waals surface area contributed by atoms with E-state index in [0.717, 1.165) is 12.1 Å². The third-order valence-electron chi connectivity index (χ3n) is 4.84. The van der Waals surface area contributed by atoms with Crippen molar-refractivity contribution in [2.45, 2.75) is 31.2 Å². The number of hydrogen-bond acceptors (Lipinski definition) is 4. The van der Waals surface area contributed by atoms with Crippen LogP contribution in [0.4, 0.5) is 14.5 Å². The molecule has 3 aromatic rings. The molecule has 0 aliphatic rings. The Kier molecular flexibility index (Phi) is 7.78. The predicted molar refractivity (Wildman–Crippen MR) is 122 cm³/mol. The van der Waals surface area contributed by atoms with Gasteiger partial charge in [-0.3, -0.25) is 4.79 Å². The smallest absolute Gasteiger partial charge is 0.242 e. The number of nitrogens with one attached hydrogen (secondary N) is 2. The number of benzene rings is 3. The van der Waals surface area contributed by atoms with E-state index in [1.807, 2.05) is 6.92 Å². The number of aryl methyl sites for hydroxylation is 1. The first-order chi connectivity index (χ1) is 15.7. The molecule has 2 N–H and O–H groups in total. The average molecular weight is 475 g/mol. The van der Waals surface area contributed by atoms with Crippen LogP contribution >= 0.6 is 0 Å². The first-order valence-corrected chi connectivity index (χ1v) is 11.7. The fourth-order valence-electron chi connectivity index (χ4n) is 3.20. The molecule has 3 rings (SSSR count). The molecule has 1 atom stereocenters. The number of carbonyl (C=O) groups excluding carboxylic acids is 1. The highest BCUT2D eigenvalue weighted by molar-refractivity contribution is 7.89. The summed E-state index contributed by atoms with van der Waals surface area (Å²) < 4.78 is 60.8. The minimum atomic E-state index is -4.09. The lowest BCUT2D eigenvalue weighted by molar-refractivity contribution is -0.117. The van der Waals surface area contributed by atoms with Crippen molar-refractivity contribution in [2.75, 3.05) is 11.9 Å². The zero-order valence-electron chi connectivity index (χ0n) is 18.1. The van der Waals surface area contributed by atoms with Crippen LogP contribution in [-0.4, -0.2) is 27.0 Å².